The molecule has 0 aliphatic rings. The number of aromatic nitrogens is 2. The van der Waals surface area contributed by atoms with Crippen molar-refractivity contribution in [2.45, 2.75) is 20.4 Å². The minimum absolute atomic E-state index is 0.0548. The smallest absolute Gasteiger partial charge is 0.297 e. The van der Waals surface area contributed by atoms with E-state index in [1.807, 2.05) is 6.07 Å². The number of nitro benzene ring substituents is 1. The van der Waals surface area contributed by atoms with E-state index in [4.69, 9.17) is 4.42 Å². The number of rotatable bonds is 4. The van der Waals surface area contributed by atoms with Crippen molar-refractivity contribution in [2.24, 2.45) is 0 Å². The molecule has 0 radical (unpaired) electrons. The first-order chi connectivity index (χ1) is 13.9. The molecule has 2 aromatic heterocycles. The fraction of sp³-hybridized carbons (Fsp3) is 0.150. The predicted octanol–water partition coefficient (Wildman–Crippen LogP) is 3.31. The summed E-state index contributed by atoms with van der Waals surface area (Å²) >= 11 is 0. The minimum atomic E-state index is -0.582. The number of nitrogens with one attached hydrogen (secondary N) is 1. The molecule has 0 fully saturated rings. The van der Waals surface area contributed by atoms with Gasteiger partial charge in [0.25, 0.3) is 11.2 Å². The molecule has 0 atom stereocenters. The number of aryl methyl sites for hydroxylation is 1. The van der Waals surface area contributed by atoms with E-state index in [9.17, 15) is 19.7 Å². The Morgan fingerprint density at radius 2 is 2.00 bits per heavy atom. The van der Waals surface area contributed by atoms with Crippen molar-refractivity contribution >= 4 is 39.4 Å². The van der Waals surface area contributed by atoms with E-state index < -0.39 is 16.4 Å². The van der Waals surface area contributed by atoms with E-state index in [1.54, 1.807) is 38.1 Å². The summed E-state index contributed by atoms with van der Waals surface area (Å²) in [6, 6.07) is 10.1. The standard InChI is InChI=1S/C20H16N4O5/c1-11-7-8-14(24(27)28)17(12(11)2)22-16(25)9-23-10-21-18-13-5-3-4-6-15(13)29-19(18)20(23)26/h3-8,10H,9H2,1-2H3,(H,22,25). The predicted molar refractivity (Wildman–Crippen MR) is 107 cm³/mol. The minimum Gasteiger partial charge on any atom is -0.448 e. The Hall–Kier alpha value is -4.01. The number of furan rings is 1. The van der Waals surface area contributed by atoms with Gasteiger partial charge < -0.3 is 9.73 Å². The number of para-hydroxylation sites is 1. The molecule has 9 nitrogen and oxygen atoms in total. The average Bonchev–Trinajstić information content (AvgIpc) is 3.07. The molecular weight excluding hydrogens is 376 g/mol. The van der Waals surface area contributed by atoms with Gasteiger partial charge in [-0.2, -0.15) is 0 Å². The molecule has 2 heterocycles. The highest BCUT2D eigenvalue weighted by molar-refractivity contribution is 6.02. The van der Waals surface area contributed by atoms with Gasteiger partial charge in [0, 0.05) is 11.5 Å². The van der Waals surface area contributed by atoms with Gasteiger partial charge in [0.15, 0.2) is 0 Å². The number of benzene rings is 2. The quantitative estimate of drug-likeness (QED) is 0.420. The molecule has 0 spiro atoms. The van der Waals surface area contributed by atoms with E-state index in [1.165, 1.54) is 12.4 Å². The van der Waals surface area contributed by atoms with Gasteiger partial charge in [-0.15, -0.1) is 0 Å². The van der Waals surface area contributed by atoms with Crippen molar-refractivity contribution < 1.29 is 14.1 Å². The molecule has 29 heavy (non-hydrogen) atoms. The molecule has 2 aromatic carbocycles. The van der Waals surface area contributed by atoms with Crippen LogP contribution in [0.1, 0.15) is 11.1 Å². The van der Waals surface area contributed by atoms with Crippen LogP contribution in [0.3, 0.4) is 0 Å². The highest BCUT2D eigenvalue weighted by atomic mass is 16.6. The summed E-state index contributed by atoms with van der Waals surface area (Å²) < 4.78 is 6.70. The second-order valence-electron chi connectivity index (χ2n) is 6.66. The second kappa shape index (κ2) is 6.86. The van der Waals surface area contributed by atoms with Gasteiger partial charge in [-0.1, -0.05) is 18.2 Å². The highest BCUT2D eigenvalue weighted by Gasteiger charge is 2.20. The van der Waals surface area contributed by atoms with Gasteiger partial charge >= 0.3 is 0 Å². The van der Waals surface area contributed by atoms with Crippen LogP contribution in [0.25, 0.3) is 22.1 Å². The Morgan fingerprint density at radius 3 is 2.76 bits per heavy atom. The van der Waals surface area contributed by atoms with Gasteiger partial charge in [-0.25, -0.2) is 4.98 Å². The second-order valence-corrected chi connectivity index (χ2v) is 6.66. The van der Waals surface area contributed by atoms with E-state index in [2.05, 4.69) is 10.3 Å². The van der Waals surface area contributed by atoms with Gasteiger partial charge in [-0.05, 0) is 37.1 Å². The van der Waals surface area contributed by atoms with Crippen LogP contribution in [0.15, 0.2) is 51.9 Å². The third-order valence-corrected chi connectivity index (χ3v) is 4.84. The summed E-state index contributed by atoms with van der Waals surface area (Å²) in [7, 11) is 0. The number of amides is 1. The molecule has 146 valence electrons. The summed E-state index contributed by atoms with van der Waals surface area (Å²) in [6.45, 7) is 3.12. The van der Waals surface area contributed by atoms with Crippen LogP contribution in [0.5, 0.6) is 0 Å². The SMILES string of the molecule is Cc1ccc([N+](=O)[O-])c(NC(=O)Cn2cnc3c(oc4ccccc43)c2=O)c1C. The zero-order valence-corrected chi connectivity index (χ0v) is 15.6. The molecule has 0 saturated heterocycles. The van der Waals surface area contributed by atoms with Gasteiger partial charge in [0.1, 0.15) is 23.3 Å². The molecule has 0 bridgehead atoms. The fourth-order valence-corrected chi connectivity index (χ4v) is 3.17. The van der Waals surface area contributed by atoms with E-state index in [0.717, 1.165) is 10.1 Å². The zero-order chi connectivity index (χ0) is 20.7. The van der Waals surface area contributed by atoms with Crippen LogP contribution in [0.2, 0.25) is 0 Å². The lowest BCUT2D eigenvalue weighted by molar-refractivity contribution is -0.384. The van der Waals surface area contributed by atoms with Crippen molar-refractivity contribution in [2.75, 3.05) is 5.32 Å². The summed E-state index contributed by atoms with van der Waals surface area (Å²) in [6.07, 6.45) is 1.27. The Morgan fingerprint density at radius 1 is 1.24 bits per heavy atom. The first kappa shape index (κ1) is 18.4. The van der Waals surface area contributed by atoms with Crippen LogP contribution < -0.4 is 10.9 Å². The molecule has 0 unspecified atom stereocenters. The van der Waals surface area contributed by atoms with Crippen LogP contribution in [0.4, 0.5) is 11.4 Å². The molecule has 0 saturated carbocycles. The highest BCUT2D eigenvalue weighted by Crippen LogP contribution is 2.30. The molecular formula is C20H16N4O5. The van der Waals surface area contributed by atoms with Gasteiger partial charge in [-0.3, -0.25) is 24.3 Å². The molecule has 9 heteroatoms. The monoisotopic (exact) mass is 392 g/mol. The van der Waals surface area contributed by atoms with Gasteiger partial charge in [0.05, 0.1) is 11.3 Å². The Bertz CT molecular complexity index is 1350. The molecule has 0 aliphatic carbocycles. The van der Waals surface area contributed by atoms with Crippen LogP contribution in [-0.4, -0.2) is 20.4 Å². The van der Waals surface area contributed by atoms with Crippen LogP contribution >= 0.6 is 0 Å². The number of nitrogens with zero attached hydrogens (tertiary/aromatic N) is 3. The van der Waals surface area contributed by atoms with E-state index >= 15 is 0 Å². The summed E-state index contributed by atoms with van der Waals surface area (Å²) in [4.78, 5) is 40.2. The topological polar surface area (TPSA) is 120 Å². The number of hydrogen-bond acceptors (Lipinski definition) is 6. The first-order valence-corrected chi connectivity index (χ1v) is 8.78. The van der Waals surface area contributed by atoms with Crippen molar-refractivity contribution in [3.05, 3.63) is 74.3 Å². The Labute approximate surface area is 163 Å². The third kappa shape index (κ3) is 3.12. The number of carbonyl (C=O) groups is 1. The average molecular weight is 392 g/mol. The largest absolute Gasteiger partial charge is 0.448 e. The van der Waals surface area contributed by atoms with E-state index in [-0.39, 0.29) is 23.5 Å². The normalized spacial score (nSPS) is 11.1. The summed E-state index contributed by atoms with van der Waals surface area (Å²) in [5, 5.41) is 14.6. The molecule has 4 rings (SSSR count). The number of carbonyl (C=O) groups excluding carboxylic acids is 1. The molecule has 1 N–H and O–H groups in total. The van der Waals surface area contributed by atoms with Crippen molar-refractivity contribution in [3.63, 3.8) is 0 Å². The van der Waals surface area contributed by atoms with E-state index in [0.29, 0.717) is 22.0 Å². The van der Waals surface area contributed by atoms with Crippen LogP contribution in [-0.2, 0) is 11.3 Å². The number of hydrogen-bond donors (Lipinski definition) is 1. The number of nitro groups is 1. The lowest BCUT2D eigenvalue weighted by atomic mass is 10.1. The molecule has 1 amide bonds. The summed E-state index contributed by atoms with van der Waals surface area (Å²) in [5.74, 6) is -0.582. The van der Waals surface area contributed by atoms with Crippen molar-refractivity contribution in [1.82, 2.24) is 9.55 Å². The van der Waals surface area contributed by atoms with Gasteiger partial charge in [0.2, 0.25) is 11.5 Å². The number of fused-ring (bicyclic) bond motifs is 3. The number of anilines is 1. The first-order valence-electron chi connectivity index (χ1n) is 8.78. The zero-order valence-electron chi connectivity index (χ0n) is 15.6. The summed E-state index contributed by atoms with van der Waals surface area (Å²) in [5.41, 5.74) is 1.80. The van der Waals surface area contributed by atoms with Crippen molar-refractivity contribution in [1.29, 1.82) is 0 Å². The Kier molecular flexibility index (Phi) is 4.34. The lowest BCUT2D eigenvalue weighted by Crippen LogP contribution is -2.28. The molecule has 4 aromatic rings. The van der Waals surface area contributed by atoms with Crippen molar-refractivity contribution in [3.8, 4) is 0 Å². The maximum absolute atomic E-state index is 12.7. The fourth-order valence-electron chi connectivity index (χ4n) is 3.17. The molecule has 0 aliphatic heterocycles. The van der Waals surface area contributed by atoms with Crippen LogP contribution in [0, 0.1) is 24.0 Å². The Balaban J connectivity index is 1.68. The maximum Gasteiger partial charge on any atom is 0.297 e. The maximum atomic E-state index is 12.7. The lowest BCUT2D eigenvalue weighted by Gasteiger charge is -2.11. The third-order valence-electron chi connectivity index (χ3n) is 4.84.